The first kappa shape index (κ1) is 22.4. The fourth-order valence-electron chi connectivity index (χ4n) is 4.26. The van der Waals surface area contributed by atoms with Gasteiger partial charge in [-0.15, -0.1) is 0 Å². The third-order valence-corrected chi connectivity index (χ3v) is 6.56. The second-order valence-electron chi connectivity index (χ2n) is 10.3. The van der Waals surface area contributed by atoms with Crippen LogP contribution < -0.4 is 10.8 Å². The predicted molar refractivity (Wildman–Crippen MR) is 130 cm³/mol. The van der Waals surface area contributed by atoms with Crippen molar-refractivity contribution in [3.8, 4) is 0 Å². The van der Waals surface area contributed by atoms with Gasteiger partial charge in [0.25, 0.3) is 0 Å². The van der Waals surface area contributed by atoms with E-state index in [-0.39, 0.29) is 17.0 Å². The molecule has 5 nitrogen and oxygen atoms in total. The summed E-state index contributed by atoms with van der Waals surface area (Å²) < 4.78 is 0. The molecule has 2 aliphatic rings. The zero-order chi connectivity index (χ0) is 22.9. The maximum absolute atomic E-state index is 12.7. The minimum atomic E-state index is -0.353. The smallest absolute Gasteiger partial charge is 0.321 e. The molecule has 1 saturated heterocycles. The molecule has 2 heterocycles. The van der Waals surface area contributed by atoms with Crippen LogP contribution in [0.5, 0.6) is 0 Å². The molecule has 1 fully saturated rings. The summed E-state index contributed by atoms with van der Waals surface area (Å²) in [5.74, 6) is 0.479. The quantitative estimate of drug-likeness (QED) is 0.619. The molecule has 170 valence electrons. The molecule has 0 radical (unpaired) electrons. The van der Waals surface area contributed by atoms with Gasteiger partial charge in [0.1, 0.15) is 5.60 Å². The van der Waals surface area contributed by atoms with Crippen molar-refractivity contribution in [2.24, 2.45) is 0 Å². The minimum absolute atomic E-state index is 0.0509. The van der Waals surface area contributed by atoms with Crippen LogP contribution in [0.25, 0.3) is 5.70 Å². The molecule has 5 heteroatoms. The number of rotatable bonds is 3. The number of benzene rings is 2. The van der Waals surface area contributed by atoms with Gasteiger partial charge in [-0.2, -0.15) is 0 Å². The van der Waals surface area contributed by atoms with Crippen LogP contribution in [0.4, 0.5) is 10.5 Å². The van der Waals surface area contributed by atoms with Gasteiger partial charge in [-0.25, -0.2) is 4.79 Å². The Morgan fingerprint density at radius 2 is 1.66 bits per heavy atom. The standard InChI is InChI=1S/C27H35N3O2/c1-19(2)20-8-12-23(13-9-20)28-25(31)30-16-14-27(15-17-30)18-24(29-32-27)21-6-10-22(11-7-21)26(3,4)5/h6-13,18-19,29H,14-17H2,1-5H3,(H,28,31). The Morgan fingerprint density at radius 1 is 1.03 bits per heavy atom. The fraction of sp³-hybridized carbons (Fsp3) is 0.444. The van der Waals surface area contributed by atoms with E-state index < -0.39 is 0 Å². The molecule has 4 rings (SSSR count). The van der Waals surface area contributed by atoms with Gasteiger partial charge < -0.3 is 10.2 Å². The monoisotopic (exact) mass is 433 g/mol. The van der Waals surface area contributed by atoms with Crippen LogP contribution in [0.15, 0.2) is 54.6 Å². The summed E-state index contributed by atoms with van der Waals surface area (Å²) in [5, 5.41) is 3.02. The third-order valence-electron chi connectivity index (χ3n) is 6.56. The van der Waals surface area contributed by atoms with E-state index in [1.807, 2.05) is 17.0 Å². The summed E-state index contributed by atoms with van der Waals surface area (Å²) >= 11 is 0. The maximum Gasteiger partial charge on any atom is 0.321 e. The van der Waals surface area contributed by atoms with Crippen molar-refractivity contribution in [3.05, 3.63) is 71.3 Å². The van der Waals surface area contributed by atoms with Crippen molar-refractivity contribution in [1.82, 2.24) is 10.4 Å². The minimum Gasteiger partial charge on any atom is -0.324 e. The van der Waals surface area contributed by atoms with E-state index in [4.69, 9.17) is 4.84 Å². The van der Waals surface area contributed by atoms with E-state index in [1.54, 1.807) is 0 Å². The highest BCUT2D eigenvalue weighted by atomic mass is 16.7. The average Bonchev–Trinajstić information content (AvgIpc) is 3.17. The largest absolute Gasteiger partial charge is 0.324 e. The Hall–Kier alpha value is -2.79. The first-order chi connectivity index (χ1) is 15.2. The molecule has 0 bridgehead atoms. The molecule has 1 spiro atoms. The van der Waals surface area contributed by atoms with Gasteiger partial charge in [0, 0.05) is 31.6 Å². The lowest BCUT2D eigenvalue weighted by Gasteiger charge is -2.36. The van der Waals surface area contributed by atoms with Crippen LogP contribution in [0.3, 0.4) is 0 Å². The van der Waals surface area contributed by atoms with Gasteiger partial charge in [-0.1, -0.05) is 71.0 Å². The lowest BCUT2D eigenvalue weighted by Crippen LogP contribution is -2.48. The van der Waals surface area contributed by atoms with Crippen LogP contribution in [0, 0.1) is 0 Å². The van der Waals surface area contributed by atoms with Crippen molar-refractivity contribution >= 4 is 17.4 Å². The molecule has 0 aliphatic carbocycles. The highest BCUT2D eigenvalue weighted by Crippen LogP contribution is 2.35. The van der Waals surface area contributed by atoms with E-state index >= 15 is 0 Å². The number of carbonyl (C=O) groups excluding carboxylic acids is 1. The first-order valence-corrected chi connectivity index (χ1v) is 11.6. The number of anilines is 1. The average molecular weight is 434 g/mol. The Labute approximate surface area is 191 Å². The van der Waals surface area contributed by atoms with Gasteiger partial charge in [-0.3, -0.25) is 10.3 Å². The van der Waals surface area contributed by atoms with Gasteiger partial charge >= 0.3 is 6.03 Å². The van der Waals surface area contributed by atoms with Crippen LogP contribution in [-0.4, -0.2) is 29.6 Å². The fourth-order valence-corrected chi connectivity index (χ4v) is 4.26. The normalized spacial score (nSPS) is 17.9. The van der Waals surface area contributed by atoms with Crippen LogP contribution >= 0.6 is 0 Å². The molecular formula is C27H35N3O2. The number of amides is 2. The van der Waals surface area contributed by atoms with Crippen molar-refractivity contribution in [3.63, 3.8) is 0 Å². The van der Waals surface area contributed by atoms with Crippen LogP contribution in [0.2, 0.25) is 0 Å². The SMILES string of the molecule is CC(C)c1ccc(NC(=O)N2CCC3(C=C(c4ccc(C(C)(C)C)cc4)NO3)CC2)cc1. The van der Waals surface area contributed by atoms with Crippen molar-refractivity contribution in [2.75, 3.05) is 18.4 Å². The summed E-state index contributed by atoms with van der Waals surface area (Å²) in [7, 11) is 0. The molecule has 0 aromatic heterocycles. The highest BCUT2D eigenvalue weighted by molar-refractivity contribution is 5.89. The topological polar surface area (TPSA) is 53.6 Å². The van der Waals surface area contributed by atoms with Crippen LogP contribution in [-0.2, 0) is 10.3 Å². The predicted octanol–water partition coefficient (Wildman–Crippen LogP) is 6.05. The van der Waals surface area contributed by atoms with Gasteiger partial charge in [0.2, 0.25) is 0 Å². The second kappa shape index (κ2) is 8.62. The summed E-state index contributed by atoms with van der Waals surface area (Å²) in [6.45, 7) is 12.3. The third kappa shape index (κ3) is 4.83. The number of nitrogens with one attached hydrogen (secondary N) is 2. The lowest BCUT2D eigenvalue weighted by atomic mass is 9.86. The van der Waals surface area contributed by atoms with Crippen molar-refractivity contribution < 1.29 is 9.63 Å². The number of hydroxylamine groups is 1. The van der Waals surface area contributed by atoms with Gasteiger partial charge in [0.05, 0.1) is 5.70 Å². The Balaban J connectivity index is 1.35. The van der Waals surface area contributed by atoms with E-state index in [0.29, 0.717) is 19.0 Å². The summed E-state index contributed by atoms with van der Waals surface area (Å²) in [6, 6.07) is 16.7. The van der Waals surface area contributed by atoms with Crippen molar-refractivity contribution in [2.45, 2.75) is 64.4 Å². The molecule has 0 unspecified atom stereocenters. The second-order valence-corrected chi connectivity index (χ2v) is 10.3. The number of hydrogen-bond acceptors (Lipinski definition) is 3. The van der Waals surface area contributed by atoms with Crippen LogP contribution in [0.1, 0.15) is 70.1 Å². The number of nitrogens with zero attached hydrogens (tertiary/aromatic N) is 1. The van der Waals surface area contributed by atoms with Crippen molar-refractivity contribution in [1.29, 1.82) is 0 Å². The molecule has 2 N–H and O–H groups in total. The summed E-state index contributed by atoms with van der Waals surface area (Å²) in [6.07, 6.45) is 3.73. The number of piperidine rings is 1. The van der Waals surface area contributed by atoms with E-state index in [9.17, 15) is 4.79 Å². The molecule has 2 aromatic rings. The molecule has 0 atom stereocenters. The number of urea groups is 1. The first-order valence-electron chi connectivity index (χ1n) is 11.6. The summed E-state index contributed by atoms with van der Waals surface area (Å²) in [5.41, 5.74) is 8.46. The van der Waals surface area contributed by atoms with E-state index in [0.717, 1.165) is 29.8 Å². The summed E-state index contributed by atoms with van der Waals surface area (Å²) in [4.78, 5) is 20.6. The highest BCUT2D eigenvalue weighted by Gasteiger charge is 2.40. The number of carbonyl (C=O) groups is 1. The molecule has 2 aliphatic heterocycles. The molecule has 32 heavy (non-hydrogen) atoms. The lowest BCUT2D eigenvalue weighted by molar-refractivity contribution is -0.0634. The zero-order valence-electron chi connectivity index (χ0n) is 19.9. The Kier molecular flexibility index (Phi) is 6.04. The Bertz CT molecular complexity index is 977. The molecular weight excluding hydrogens is 398 g/mol. The molecule has 0 saturated carbocycles. The zero-order valence-corrected chi connectivity index (χ0v) is 19.9. The molecule has 2 amide bonds. The Morgan fingerprint density at radius 3 is 2.22 bits per heavy atom. The van der Waals surface area contributed by atoms with E-state index in [2.05, 4.69) is 87.9 Å². The van der Waals surface area contributed by atoms with E-state index in [1.165, 1.54) is 11.1 Å². The number of hydrogen-bond donors (Lipinski definition) is 2. The molecule has 2 aromatic carbocycles. The number of likely N-dealkylation sites (tertiary alicyclic amines) is 1. The maximum atomic E-state index is 12.7. The van der Waals surface area contributed by atoms with Gasteiger partial charge in [0.15, 0.2) is 0 Å². The van der Waals surface area contributed by atoms with Gasteiger partial charge in [-0.05, 0) is 46.2 Å².